The van der Waals surface area contributed by atoms with Crippen LogP contribution in [0, 0.1) is 6.92 Å². The van der Waals surface area contributed by atoms with Gasteiger partial charge in [-0.2, -0.15) is 5.10 Å². The van der Waals surface area contributed by atoms with Crippen molar-refractivity contribution in [1.82, 2.24) is 29.2 Å². The predicted octanol–water partition coefficient (Wildman–Crippen LogP) is 4.73. The molecule has 1 N–H and O–H groups in total. The van der Waals surface area contributed by atoms with Crippen LogP contribution in [0.25, 0.3) is 22.3 Å². The second kappa shape index (κ2) is 10.7. The van der Waals surface area contributed by atoms with Crippen molar-refractivity contribution in [3.05, 3.63) is 59.5 Å². The van der Waals surface area contributed by atoms with Crippen LogP contribution in [-0.2, 0) is 18.3 Å². The molecule has 9 nitrogen and oxygen atoms in total. The van der Waals surface area contributed by atoms with Gasteiger partial charge in [-0.15, -0.1) is 0 Å². The highest BCUT2D eigenvalue weighted by atomic mass is 16.5. The third-order valence-electron chi connectivity index (χ3n) is 7.65. The number of hydrogen-bond acceptors (Lipinski definition) is 6. The summed E-state index contributed by atoms with van der Waals surface area (Å²) < 4.78 is 9.50. The summed E-state index contributed by atoms with van der Waals surface area (Å²) in [7, 11) is 1.87. The molecule has 0 atom stereocenters. The van der Waals surface area contributed by atoms with E-state index in [2.05, 4.69) is 43.1 Å². The number of aryl methyl sites for hydroxylation is 2. The van der Waals surface area contributed by atoms with Gasteiger partial charge in [-0.25, -0.2) is 4.98 Å². The molecule has 4 aromatic rings. The molecule has 38 heavy (non-hydrogen) atoms. The molecule has 1 aliphatic heterocycles. The maximum atomic E-state index is 13.6. The number of nitrogens with zero attached hydrogens (tertiary/aromatic N) is 6. The Morgan fingerprint density at radius 3 is 2.66 bits per heavy atom. The fourth-order valence-electron chi connectivity index (χ4n) is 5.73. The van der Waals surface area contributed by atoms with Crippen molar-refractivity contribution < 1.29 is 9.53 Å². The first-order valence-corrected chi connectivity index (χ1v) is 13.6. The fourth-order valence-corrected chi connectivity index (χ4v) is 5.73. The first-order valence-electron chi connectivity index (χ1n) is 13.6. The first kappa shape index (κ1) is 24.8. The number of carbonyl (C=O) groups excluding carboxylic acids is 1. The summed E-state index contributed by atoms with van der Waals surface area (Å²) >= 11 is 0. The summed E-state index contributed by atoms with van der Waals surface area (Å²) in [5, 5.41) is 7.41. The standard InChI is InChI=1S/C29H35N7O2/c1-20-14-22(16-25(31-20)23-17-30-34(2)19-23)28(37)33-29-32-26-15-21(18-35-10-12-38-13-11-35)8-9-27(26)36(29)24-6-4-3-5-7-24/h8-9,14-17,19,24H,3-7,10-13,18H2,1-2H3,(H,32,33,37). The first-order chi connectivity index (χ1) is 18.5. The van der Waals surface area contributed by atoms with Gasteiger partial charge in [0.1, 0.15) is 0 Å². The van der Waals surface area contributed by atoms with Gasteiger partial charge >= 0.3 is 0 Å². The van der Waals surface area contributed by atoms with E-state index < -0.39 is 0 Å². The number of fused-ring (bicyclic) bond motifs is 1. The fraction of sp³-hybridized carbons (Fsp3) is 0.448. The number of amides is 1. The molecule has 0 unspecified atom stereocenters. The van der Waals surface area contributed by atoms with Crippen LogP contribution in [0.3, 0.4) is 0 Å². The average Bonchev–Trinajstić information content (AvgIpc) is 3.52. The van der Waals surface area contributed by atoms with Gasteiger partial charge in [0.2, 0.25) is 5.95 Å². The Balaban J connectivity index is 1.32. The van der Waals surface area contributed by atoms with Crippen LogP contribution >= 0.6 is 0 Å². The number of anilines is 1. The van der Waals surface area contributed by atoms with Gasteiger partial charge in [-0.3, -0.25) is 24.7 Å². The van der Waals surface area contributed by atoms with Crippen LogP contribution in [0.5, 0.6) is 0 Å². The molecule has 9 heteroatoms. The number of nitrogens with one attached hydrogen (secondary N) is 1. The van der Waals surface area contributed by atoms with E-state index in [1.165, 1.54) is 24.8 Å². The summed E-state index contributed by atoms with van der Waals surface area (Å²) in [6.45, 7) is 6.25. The van der Waals surface area contributed by atoms with Crippen LogP contribution in [0.2, 0.25) is 0 Å². The minimum Gasteiger partial charge on any atom is -0.379 e. The van der Waals surface area contributed by atoms with E-state index in [1.807, 2.05) is 32.3 Å². The number of hydrogen-bond donors (Lipinski definition) is 1. The van der Waals surface area contributed by atoms with Crippen LogP contribution in [0.4, 0.5) is 5.95 Å². The molecule has 1 saturated heterocycles. The molecule has 1 aliphatic carbocycles. The van der Waals surface area contributed by atoms with Gasteiger partial charge in [0.05, 0.1) is 36.1 Å². The lowest BCUT2D eigenvalue weighted by Crippen LogP contribution is -2.35. The Morgan fingerprint density at radius 1 is 1.08 bits per heavy atom. The van der Waals surface area contributed by atoms with Crippen molar-refractivity contribution in [2.24, 2.45) is 7.05 Å². The predicted molar refractivity (Wildman–Crippen MR) is 147 cm³/mol. The molecule has 198 valence electrons. The Kier molecular flexibility index (Phi) is 6.95. The number of ether oxygens (including phenoxy) is 1. The van der Waals surface area contributed by atoms with Gasteiger partial charge < -0.3 is 9.30 Å². The van der Waals surface area contributed by atoms with Crippen LogP contribution in [-0.4, -0.2) is 61.4 Å². The van der Waals surface area contributed by atoms with Crippen molar-refractivity contribution in [3.8, 4) is 11.3 Å². The van der Waals surface area contributed by atoms with Crippen LogP contribution in [0.1, 0.15) is 59.8 Å². The summed E-state index contributed by atoms with van der Waals surface area (Å²) in [5.41, 5.74) is 6.20. The number of imidazole rings is 1. The van der Waals surface area contributed by atoms with Crippen molar-refractivity contribution in [3.63, 3.8) is 0 Å². The van der Waals surface area contributed by atoms with Gasteiger partial charge in [0, 0.05) is 55.7 Å². The molecule has 2 fully saturated rings. The van der Waals surface area contributed by atoms with E-state index >= 15 is 0 Å². The maximum absolute atomic E-state index is 13.6. The molecule has 1 amide bonds. The normalized spacial score (nSPS) is 17.2. The summed E-state index contributed by atoms with van der Waals surface area (Å²) in [5.74, 6) is 0.444. The molecule has 2 aliphatic rings. The number of morpholine rings is 1. The van der Waals surface area contributed by atoms with E-state index in [-0.39, 0.29) is 5.91 Å². The smallest absolute Gasteiger partial charge is 0.258 e. The van der Waals surface area contributed by atoms with E-state index in [4.69, 9.17) is 9.72 Å². The number of benzene rings is 1. The zero-order chi connectivity index (χ0) is 26.1. The lowest BCUT2D eigenvalue weighted by Gasteiger charge is -2.27. The number of carbonyl (C=O) groups is 1. The molecule has 3 aromatic heterocycles. The average molecular weight is 514 g/mol. The van der Waals surface area contributed by atoms with E-state index in [0.717, 1.165) is 73.7 Å². The molecule has 0 radical (unpaired) electrons. The van der Waals surface area contributed by atoms with Crippen LogP contribution < -0.4 is 5.32 Å². The van der Waals surface area contributed by atoms with Crippen LogP contribution in [0.15, 0.2) is 42.7 Å². The SMILES string of the molecule is Cc1cc(C(=O)Nc2nc3cc(CN4CCOCC4)ccc3n2C2CCCCC2)cc(-c2cnn(C)c2)n1. The molecule has 6 rings (SSSR count). The van der Waals surface area contributed by atoms with Gasteiger partial charge in [-0.1, -0.05) is 25.3 Å². The molecular formula is C29H35N7O2. The Hall–Kier alpha value is -3.56. The highest BCUT2D eigenvalue weighted by Crippen LogP contribution is 2.35. The molecule has 4 heterocycles. The third kappa shape index (κ3) is 5.21. The molecule has 0 spiro atoms. The van der Waals surface area contributed by atoms with Gasteiger partial charge in [0.15, 0.2) is 0 Å². The summed E-state index contributed by atoms with van der Waals surface area (Å²) in [6, 6.07) is 10.5. The quantitative estimate of drug-likeness (QED) is 0.401. The summed E-state index contributed by atoms with van der Waals surface area (Å²) in [6.07, 6.45) is 9.53. The second-order valence-electron chi connectivity index (χ2n) is 10.5. The maximum Gasteiger partial charge on any atom is 0.258 e. The highest BCUT2D eigenvalue weighted by Gasteiger charge is 2.24. The van der Waals surface area contributed by atoms with E-state index in [9.17, 15) is 4.79 Å². The van der Waals surface area contributed by atoms with Crippen molar-refractivity contribution in [2.45, 2.75) is 51.6 Å². The zero-order valence-corrected chi connectivity index (χ0v) is 22.2. The monoisotopic (exact) mass is 513 g/mol. The Morgan fingerprint density at radius 2 is 1.89 bits per heavy atom. The largest absolute Gasteiger partial charge is 0.379 e. The minimum atomic E-state index is -0.179. The molecule has 0 bridgehead atoms. The molecule has 1 aromatic carbocycles. The van der Waals surface area contributed by atoms with Gasteiger partial charge in [-0.05, 0) is 49.6 Å². The number of pyridine rings is 1. The second-order valence-corrected chi connectivity index (χ2v) is 10.5. The molecular weight excluding hydrogens is 478 g/mol. The zero-order valence-electron chi connectivity index (χ0n) is 22.2. The lowest BCUT2D eigenvalue weighted by atomic mass is 9.95. The Labute approximate surface area is 222 Å². The number of rotatable bonds is 6. The third-order valence-corrected chi connectivity index (χ3v) is 7.65. The number of aromatic nitrogens is 5. The summed E-state index contributed by atoms with van der Waals surface area (Å²) in [4.78, 5) is 25.6. The van der Waals surface area contributed by atoms with Crippen molar-refractivity contribution in [1.29, 1.82) is 0 Å². The minimum absolute atomic E-state index is 0.179. The van der Waals surface area contributed by atoms with E-state index in [0.29, 0.717) is 17.6 Å². The van der Waals surface area contributed by atoms with Crippen molar-refractivity contribution in [2.75, 3.05) is 31.6 Å². The van der Waals surface area contributed by atoms with Gasteiger partial charge in [0.25, 0.3) is 5.91 Å². The topological polar surface area (TPSA) is 90.1 Å². The molecule has 1 saturated carbocycles. The lowest BCUT2D eigenvalue weighted by molar-refractivity contribution is 0.0342. The highest BCUT2D eigenvalue weighted by molar-refractivity contribution is 6.04. The Bertz CT molecular complexity index is 1440. The van der Waals surface area contributed by atoms with E-state index in [1.54, 1.807) is 10.9 Å². The van der Waals surface area contributed by atoms with Crippen molar-refractivity contribution >= 4 is 22.9 Å².